The van der Waals surface area contributed by atoms with Gasteiger partial charge in [0.1, 0.15) is 0 Å². The van der Waals surface area contributed by atoms with Crippen LogP contribution in [0.2, 0.25) is 0 Å². The molecule has 0 unspecified atom stereocenters. The molecule has 0 saturated heterocycles. The fourth-order valence-corrected chi connectivity index (χ4v) is 4.56. The van der Waals surface area contributed by atoms with Gasteiger partial charge >= 0.3 is 0 Å². The fraction of sp³-hybridized carbons (Fsp3) is 0.276. The number of fused-ring (bicyclic) bond motifs is 1. The SMILES string of the molecule is CN(C)C(=O)c1ccc(-c2cc(NC(=O)C3(c4ccc5c(c4)OCO5)CC3)ccc2C(=O)N(C)C)cc1.[HH]. The molecule has 0 atom stereocenters. The number of anilines is 1. The maximum absolute atomic E-state index is 13.5. The number of benzene rings is 3. The largest absolute Gasteiger partial charge is 0.454 e. The van der Waals surface area contributed by atoms with E-state index in [2.05, 4.69) is 5.32 Å². The number of nitrogens with zero attached hydrogens (tertiary/aromatic N) is 2. The van der Waals surface area contributed by atoms with Crippen molar-refractivity contribution in [1.82, 2.24) is 9.80 Å². The quantitative estimate of drug-likeness (QED) is 0.541. The van der Waals surface area contributed by atoms with Gasteiger partial charge in [-0.05, 0) is 72.0 Å². The molecule has 3 amide bonds. The topological polar surface area (TPSA) is 88.2 Å². The molecule has 1 aliphatic heterocycles. The lowest BCUT2D eigenvalue weighted by Gasteiger charge is -2.19. The third kappa shape index (κ3) is 4.50. The Hall–Kier alpha value is -4.33. The molecule has 5 rings (SSSR count). The molecule has 8 heteroatoms. The second-order valence-electron chi connectivity index (χ2n) is 9.84. The number of ether oxygens (including phenoxy) is 2. The first-order chi connectivity index (χ1) is 17.7. The molecule has 1 heterocycles. The van der Waals surface area contributed by atoms with Crippen LogP contribution in [0.1, 0.15) is 40.5 Å². The van der Waals surface area contributed by atoms with Crippen LogP contribution in [0, 0.1) is 0 Å². The lowest BCUT2D eigenvalue weighted by atomic mass is 9.93. The Balaban J connectivity index is 0.00000336. The summed E-state index contributed by atoms with van der Waals surface area (Å²) in [7, 11) is 6.80. The van der Waals surface area contributed by atoms with Gasteiger partial charge in [0.2, 0.25) is 12.7 Å². The van der Waals surface area contributed by atoms with Gasteiger partial charge in [0.15, 0.2) is 11.5 Å². The minimum absolute atomic E-state index is 0. The minimum atomic E-state index is -0.618. The third-order valence-corrected chi connectivity index (χ3v) is 6.87. The summed E-state index contributed by atoms with van der Waals surface area (Å²) >= 11 is 0. The van der Waals surface area contributed by atoms with Crippen molar-refractivity contribution < 1.29 is 25.3 Å². The lowest BCUT2D eigenvalue weighted by molar-refractivity contribution is -0.118. The molecule has 0 spiro atoms. The van der Waals surface area contributed by atoms with Gasteiger partial charge in [-0.15, -0.1) is 0 Å². The van der Waals surface area contributed by atoms with Crippen molar-refractivity contribution in [2.24, 2.45) is 0 Å². The van der Waals surface area contributed by atoms with Crippen LogP contribution in [0.5, 0.6) is 11.5 Å². The van der Waals surface area contributed by atoms with Crippen molar-refractivity contribution in [3.63, 3.8) is 0 Å². The molecule has 0 bridgehead atoms. The zero-order valence-electron chi connectivity index (χ0n) is 21.3. The van der Waals surface area contributed by atoms with Gasteiger partial charge in [0, 0.05) is 46.4 Å². The molecule has 3 aromatic rings. The summed E-state index contributed by atoms with van der Waals surface area (Å²) in [6.07, 6.45) is 1.48. The molecule has 0 radical (unpaired) electrons. The van der Waals surface area contributed by atoms with Gasteiger partial charge in [-0.3, -0.25) is 14.4 Å². The van der Waals surface area contributed by atoms with Gasteiger partial charge in [0.05, 0.1) is 5.41 Å². The maximum atomic E-state index is 13.5. The molecule has 2 aliphatic rings. The number of hydrogen-bond acceptors (Lipinski definition) is 5. The first-order valence-electron chi connectivity index (χ1n) is 12.1. The van der Waals surface area contributed by atoms with Crippen molar-refractivity contribution in [3.8, 4) is 22.6 Å². The van der Waals surface area contributed by atoms with Crippen molar-refractivity contribution in [2.75, 3.05) is 40.3 Å². The van der Waals surface area contributed by atoms with E-state index < -0.39 is 5.41 Å². The Kier molecular flexibility index (Phi) is 6.11. The van der Waals surface area contributed by atoms with E-state index in [0.717, 1.165) is 24.0 Å². The van der Waals surface area contributed by atoms with E-state index in [0.29, 0.717) is 33.9 Å². The van der Waals surface area contributed by atoms with E-state index in [1.165, 1.54) is 9.80 Å². The van der Waals surface area contributed by atoms with Gasteiger partial charge in [-0.1, -0.05) is 18.2 Å². The molecule has 192 valence electrons. The summed E-state index contributed by atoms with van der Waals surface area (Å²) in [4.78, 5) is 41.7. The smallest absolute Gasteiger partial charge is 0.253 e. The predicted molar refractivity (Wildman–Crippen MR) is 142 cm³/mol. The van der Waals surface area contributed by atoms with E-state index in [1.807, 2.05) is 36.4 Å². The second kappa shape index (κ2) is 9.28. The highest BCUT2D eigenvalue weighted by Gasteiger charge is 2.51. The minimum Gasteiger partial charge on any atom is -0.454 e. The zero-order valence-corrected chi connectivity index (χ0v) is 21.3. The summed E-state index contributed by atoms with van der Waals surface area (Å²) in [5, 5.41) is 3.06. The highest BCUT2D eigenvalue weighted by Crippen LogP contribution is 2.51. The van der Waals surface area contributed by atoms with E-state index >= 15 is 0 Å². The van der Waals surface area contributed by atoms with E-state index in [4.69, 9.17) is 9.47 Å². The Morgan fingerprint density at radius 3 is 2.14 bits per heavy atom. The average Bonchev–Trinajstić information content (AvgIpc) is 3.58. The number of nitrogens with one attached hydrogen (secondary N) is 1. The number of amides is 3. The van der Waals surface area contributed by atoms with E-state index in [1.54, 1.807) is 52.5 Å². The standard InChI is InChI=1S/C29H29N3O5.H2/c1-31(2)26(33)19-7-5-18(6-8-19)23-16-21(10-11-22(23)27(34)32(3)4)30-28(35)29(13-14-29)20-9-12-24-25(15-20)37-17-36-24;/h5-12,15-16H,13-14,17H2,1-4H3,(H,30,35);1H. The molecule has 37 heavy (non-hydrogen) atoms. The van der Waals surface area contributed by atoms with Crippen LogP contribution in [0.15, 0.2) is 60.7 Å². The Labute approximate surface area is 217 Å². The second-order valence-corrected chi connectivity index (χ2v) is 9.84. The number of carbonyl (C=O) groups excluding carboxylic acids is 3. The Morgan fingerprint density at radius 1 is 0.811 bits per heavy atom. The van der Waals surface area contributed by atoms with Crippen LogP contribution in [0.3, 0.4) is 0 Å². The maximum Gasteiger partial charge on any atom is 0.253 e. The molecule has 3 aromatic carbocycles. The Morgan fingerprint density at radius 2 is 1.49 bits per heavy atom. The van der Waals surface area contributed by atoms with E-state index in [-0.39, 0.29) is 25.9 Å². The number of hydrogen-bond donors (Lipinski definition) is 1. The predicted octanol–water partition coefficient (Wildman–Crippen LogP) is 4.40. The van der Waals surface area contributed by atoms with Crippen LogP contribution in [-0.2, 0) is 10.2 Å². The summed E-state index contributed by atoms with van der Waals surface area (Å²) in [6.45, 7) is 0.184. The first kappa shape index (κ1) is 24.4. The van der Waals surface area contributed by atoms with Crippen molar-refractivity contribution in [1.29, 1.82) is 0 Å². The van der Waals surface area contributed by atoms with Crippen molar-refractivity contribution in [2.45, 2.75) is 18.3 Å². The van der Waals surface area contributed by atoms with Crippen LogP contribution in [0.4, 0.5) is 5.69 Å². The molecule has 1 N–H and O–H groups in total. The van der Waals surface area contributed by atoms with Crippen LogP contribution in [-0.4, -0.2) is 62.5 Å². The Bertz CT molecular complexity index is 1400. The first-order valence-corrected chi connectivity index (χ1v) is 12.1. The molecule has 1 aliphatic carbocycles. The molecule has 1 fully saturated rings. The number of rotatable bonds is 6. The monoisotopic (exact) mass is 501 g/mol. The summed E-state index contributed by atoms with van der Waals surface area (Å²) in [5.74, 6) is 0.984. The highest BCUT2D eigenvalue weighted by molar-refractivity contribution is 6.05. The number of carbonyl (C=O) groups is 3. The van der Waals surface area contributed by atoms with Crippen LogP contribution >= 0.6 is 0 Å². The third-order valence-electron chi connectivity index (χ3n) is 6.87. The van der Waals surface area contributed by atoms with Crippen molar-refractivity contribution in [3.05, 3.63) is 77.4 Å². The van der Waals surface area contributed by atoms with Gasteiger partial charge in [0.25, 0.3) is 11.8 Å². The van der Waals surface area contributed by atoms with E-state index in [9.17, 15) is 14.4 Å². The van der Waals surface area contributed by atoms with Gasteiger partial charge in [-0.25, -0.2) is 0 Å². The van der Waals surface area contributed by atoms with Crippen molar-refractivity contribution >= 4 is 23.4 Å². The van der Waals surface area contributed by atoms with Crippen LogP contribution < -0.4 is 14.8 Å². The normalized spacial score (nSPS) is 14.6. The van der Waals surface area contributed by atoms with Gasteiger partial charge in [-0.2, -0.15) is 0 Å². The zero-order chi connectivity index (χ0) is 26.3. The summed E-state index contributed by atoms with van der Waals surface area (Å²) in [5.41, 5.74) is 3.38. The fourth-order valence-electron chi connectivity index (χ4n) is 4.56. The summed E-state index contributed by atoms with van der Waals surface area (Å²) in [6, 6.07) is 18.1. The molecule has 0 aromatic heterocycles. The summed E-state index contributed by atoms with van der Waals surface area (Å²) < 4.78 is 10.9. The highest BCUT2D eigenvalue weighted by atomic mass is 16.7. The molecule has 8 nitrogen and oxygen atoms in total. The molecule has 1 saturated carbocycles. The molecular formula is C29H31N3O5. The van der Waals surface area contributed by atoms with Gasteiger partial charge < -0.3 is 24.6 Å². The van der Waals surface area contributed by atoms with Crippen LogP contribution in [0.25, 0.3) is 11.1 Å². The lowest BCUT2D eigenvalue weighted by Crippen LogP contribution is -2.28. The average molecular weight is 502 g/mol. The molecular weight excluding hydrogens is 470 g/mol.